The van der Waals surface area contributed by atoms with Crippen LogP contribution in [0.4, 0.5) is 0 Å². The van der Waals surface area contributed by atoms with Gasteiger partial charge in [0, 0.05) is 0 Å². The Morgan fingerprint density at radius 3 is 2.17 bits per heavy atom. The molecule has 0 aliphatic rings. The molecule has 2 aromatic carbocycles. The van der Waals surface area contributed by atoms with E-state index >= 15 is 0 Å². The molecule has 1 N–H and O–H groups in total. The minimum absolute atomic E-state index is 0.0400. The summed E-state index contributed by atoms with van der Waals surface area (Å²) in [6, 6.07) is 12.5. The summed E-state index contributed by atoms with van der Waals surface area (Å²) in [5, 5.41) is 10.6. The predicted molar refractivity (Wildman–Crippen MR) is 111 cm³/mol. The number of ether oxygens (including phenoxy) is 3. The third-order valence-electron chi connectivity index (χ3n) is 4.32. The second-order valence-corrected chi connectivity index (χ2v) is 7.97. The fourth-order valence-electron chi connectivity index (χ4n) is 2.74. The molecule has 0 aliphatic carbocycles. The summed E-state index contributed by atoms with van der Waals surface area (Å²) in [5.41, 5.74) is 1.29. The van der Waals surface area contributed by atoms with E-state index in [1.165, 1.54) is 26.4 Å². The van der Waals surface area contributed by atoms with Gasteiger partial charge < -0.3 is 19.3 Å². The maximum absolute atomic E-state index is 12.8. The third-order valence-corrected chi connectivity index (χ3v) is 5.61. The fraction of sp³-hybridized carbons (Fsp3) is 0.333. The summed E-state index contributed by atoms with van der Waals surface area (Å²) in [6.07, 6.45) is -1.73. The zero-order valence-corrected chi connectivity index (χ0v) is 18.0. The van der Waals surface area contributed by atoms with Crippen molar-refractivity contribution in [3.8, 4) is 5.75 Å². The molecular formula is C21H25NO7S. The van der Waals surface area contributed by atoms with Crippen molar-refractivity contribution in [1.29, 1.82) is 0 Å². The van der Waals surface area contributed by atoms with Crippen LogP contribution < -0.4 is 4.74 Å². The van der Waals surface area contributed by atoms with Crippen LogP contribution in [-0.4, -0.2) is 52.3 Å². The van der Waals surface area contributed by atoms with Crippen LogP contribution in [0.3, 0.4) is 0 Å². The van der Waals surface area contributed by atoms with Gasteiger partial charge in [-0.2, -0.15) is 8.42 Å². The number of aliphatic hydroxyl groups excluding tert-OH is 1. The van der Waals surface area contributed by atoms with Gasteiger partial charge in [0.2, 0.25) is 5.90 Å². The van der Waals surface area contributed by atoms with E-state index in [0.29, 0.717) is 11.3 Å². The summed E-state index contributed by atoms with van der Waals surface area (Å²) >= 11 is 0. The number of carbonyl (C=O) groups excluding carboxylic acids is 1. The van der Waals surface area contributed by atoms with Gasteiger partial charge in [-0.05, 0) is 43.7 Å². The van der Waals surface area contributed by atoms with Gasteiger partial charge in [-0.15, -0.1) is 4.40 Å². The van der Waals surface area contributed by atoms with Crippen LogP contribution in [0, 0.1) is 6.92 Å². The second kappa shape index (κ2) is 10.2. The molecule has 2 unspecified atom stereocenters. The maximum atomic E-state index is 12.8. The van der Waals surface area contributed by atoms with Crippen LogP contribution in [-0.2, 0) is 24.3 Å². The lowest BCUT2D eigenvalue weighted by molar-refractivity contribution is -0.153. The summed E-state index contributed by atoms with van der Waals surface area (Å²) in [4.78, 5) is 12.2. The molecule has 0 saturated heterocycles. The Bertz CT molecular complexity index is 983. The molecule has 0 bridgehead atoms. The van der Waals surface area contributed by atoms with Crippen molar-refractivity contribution in [1.82, 2.24) is 0 Å². The molecule has 0 radical (unpaired) electrons. The highest BCUT2D eigenvalue weighted by atomic mass is 32.2. The lowest BCUT2D eigenvalue weighted by atomic mass is 9.93. The van der Waals surface area contributed by atoms with Crippen LogP contribution in [0.1, 0.15) is 24.0 Å². The highest BCUT2D eigenvalue weighted by Gasteiger charge is 2.35. The molecule has 0 spiro atoms. The Balaban J connectivity index is 2.56. The molecule has 0 fully saturated rings. The van der Waals surface area contributed by atoms with E-state index in [4.69, 9.17) is 14.2 Å². The van der Waals surface area contributed by atoms with E-state index in [2.05, 4.69) is 4.40 Å². The number of carbonyl (C=O) groups is 1. The molecule has 2 rings (SSSR count). The number of aryl methyl sites for hydroxylation is 1. The lowest BCUT2D eigenvalue weighted by Crippen LogP contribution is -2.35. The Hall–Kier alpha value is -2.91. The van der Waals surface area contributed by atoms with Crippen molar-refractivity contribution in [2.24, 2.45) is 4.40 Å². The number of sulfonamides is 1. The van der Waals surface area contributed by atoms with Crippen molar-refractivity contribution in [2.75, 3.05) is 20.8 Å². The third kappa shape index (κ3) is 5.58. The summed E-state index contributed by atoms with van der Waals surface area (Å²) in [5.74, 6) is -1.93. The van der Waals surface area contributed by atoms with Crippen LogP contribution in [0.5, 0.6) is 5.75 Å². The molecule has 2 atom stereocenters. The van der Waals surface area contributed by atoms with Gasteiger partial charge in [-0.25, -0.2) is 4.79 Å². The van der Waals surface area contributed by atoms with E-state index in [-0.39, 0.29) is 17.4 Å². The van der Waals surface area contributed by atoms with Gasteiger partial charge in [-0.3, -0.25) is 0 Å². The van der Waals surface area contributed by atoms with Gasteiger partial charge in [0.15, 0.2) is 6.10 Å². The van der Waals surface area contributed by atoms with E-state index < -0.39 is 28.0 Å². The number of benzene rings is 2. The van der Waals surface area contributed by atoms with Crippen molar-refractivity contribution >= 4 is 21.9 Å². The smallest absolute Gasteiger partial charge is 0.336 e. The second-order valence-electron chi connectivity index (χ2n) is 6.37. The highest BCUT2D eigenvalue weighted by Crippen LogP contribution is 2.27. The van der Waals surface area contributed by atoms with E-state index in [1.807, 2.05) is 6.92 Å². The quantitative estimate of drug-likeness (QED) is 0.385. The Kier molecular flexibility index (Phi) is 7.96. The highest BCUT2D eigenvalue weighted by molar-refractivity contribution is 7.90. The SMILES string of the molecule is CCOC(=O)C(O)C(/C(=N/S(=O)(=O)c1ccc(C)cc1)OC)c1ccc(OC)cc1. The molecule has 30 heavy (non-hydrogen) atoms. The fourth-order valence-corrected chi connectivity index (χ4v) is 3.75. The van der Waals surface area contributed by atoms with Crippen LogP contribution in [0.25, 0.3) is 0 Å². The number of hydrogen-bond acceptors (Lipinski definition) is 7. The van der Waals surface area contributed by atoms with Crippen molar-refractivity contribution in [2.45, 2.75) is 30.8 Å². The Morgan fingerprint density at radius 1 is 1.07 bits per heavy atom. The maximum Gasteiger partial charge on any atom is 0.336 e. The first-order valence-corrected chi connectivity index (χ1v) is 10.6. The number of nitrogens with zero attached hydrogens (tertiary/aromatic N) is 1. The van der Waals surface area contributed by atoms with Gasteiger partial charge >= 0.3 is 5.97 Å². The topological polar surface area (TPSA) is 111 Å². The van der Waals surface area contributed by atoms with Crippen LogP contribution in [0.2, 0.25) is 0 Å². The molecule has 0 saturated carbocycles. The molecule has 162 valence electrons. The summed E-state index contributed by atoms with van der Waals surface area (Å²) in [7, 11) is -1.43. The molecule has 9 heteroatoms. The van der Waals surface area contributed by atoms with Crippen LogP contribution >= 0.6 is 0 Å². The van der Waals surface area contributed by atoms with E-state index in [0.717, 1.165) is 5.56 Å². The van der Waals surface area contributed by atoms with Gasteiger partial charge in [0.1, 0.15) is 5.75 Å². The predicted octanol–water partition coefficient (Wildman–Crippen LogP) is 2.45. The molecule has 2 aromatic rings. The standard InChI is InChI=1S/C21H25NO7S/c1-5-29-21(24)19(23)18(15-8-10-16(27-3)11-9-15)20(28-4)22-30(25,26)17-12-6-14(2)7-13-17/h6-13,18-19,23H,5H2,1-4H3/b22-20-. The zero-order valence-electron chi connectivity index (χ0n) is 17.2. The molecule has 0 amide bonds. The molecule has 0 aliphatic heterocycles. The monoisotopic (exact) mass is 435 g/mol. The van der Waals surface area contributed by atoms with Gasteiger partial charge in [0.05, 0.1) is 31.6 Å². The number of aliphatic hydroxyl groups is 1. The molecular weight excluding hydrogens is 410 g/mol. The largest absolute Gasteiger partial charge is 0.497 e. The average molecular weight is 435 g/mol. The number of methoxy groups -OCH3 is 2. The Labute approximate surface area is 176 Å². The first kappa shape index (κ1) is 23.4. The van der Waals surface area contributed by atoms with Crippen molar-refractivity contribution in [3.05, 3.63) is 59.7 Å². The average Bonchev–Trinajstić information content (AvgIpc) is 2.74. The first-order valence-electron chi connectivity index (χ1n) is 9.17. The van der Waals surface area contributed by atoms with Gasteiger partial charge in [-0.1, -0.05) is 29.8 Å². The number of rotatable bonds is 8. The molecule has 0 heterocycles. The van der Waals surface area contributed by atoms with Crippen molar-refractivity contribution < 1.29 is 32.5 Å². The number of esters is 1. The normalized spacial score (nSPS) is 14.0. The van der Waals surface area contributed by atoms with Crippen LogP contribution in [0.15, 0.2) is 57.8 Å². The van der Waals surface area contributed by atoms with E-state index in [1.54, 1.807) is 43.3 Å². The Morgan fingerprint density at radius 2 is 1.67 bits per heavy atom. The summed E-state index contributed by atoms with van der Waals surface area (Å²) < 4.78 is 44.6. The molecule has 8 nitrogen and oxygen atoms in total. The van der Waals surface area contributed by atoms with Gasteiger partial charge in [0.25, 0.3) is 10.0 Å². The first-order chi connectivity index (χ1) is 14.2. The molecule has 0 aromatic heterocycles. The minimum atomic E-state index is -4.15. The zero-order chi connectivity index (χ0) is 22.3. The van der Waals surface area contributed by atoms with Crippen molar-refractivity contribution in [3.63, 3.8) is 0 Å². The van der Waals surface area contributed by atoms with E-state index in [9.17, 15) is 18.3 Å². The number of hydrogen-bond donors (Lipinski definition) is 1. The summed E-state index contributed by atoms with van der Waals surface area (Å²) in [6.45, 7) is 3.47. The minimum Gasteiger partial charge on any atom is -0.497 e. The lowest BCUT2D eigenvalue weighted by Gasteiger charge is -2.23.